The molecule has 0 spiro atoms. The van der Waals surface area contributed by atoms with Crippen LogP contribution in [0, 0.1) is 5.82 Å². The smallest absolute Gasteiger partial charge is 0.246 e. The van der Waals surface area contributed by atoms with Crippen LogP contribution >= 0.6 is 11.8 Å². The molecule has 3 rings (SSSR count). The number of amides is 2. The molecule has 1 saturated heterocycles. The molecule has 5 nitrogen and oxygen atoms in total. The predicted molar refractivity (Wildman–Crippen MR) is 111 cm³/mol. The van der Waals surface area contributed by atoms with E-state index < -0.39 is 5.82 Å². The van der Waals surface area contributed by atoms with E-state index in [1.807, 2.05) is 30.3 Å². The fourth-order valence-corrected chi connectivity index (χ4v) is 4.00. The Hall–Kier alpha value is -2.80. The Morgan fingerprint density at radius 1 is 1.07 bits per heavy atom. The minimum Gasteiger partial charge on any atom is -0.496 e. The van der Waals surface area contributed by atoms with Crippen LogP contribution in [0.4, 0.5) is 4.39 Å². The molecule has 0 N–H and O–H groups in total. The summed E-state index contributed by atoms with van der Waals surface area (Å²) < 4.78 is 19.8. The van der Waals surface area contributed by atoms with E-state index in [0.29, 0.717) is 31.7 Å². The van der Waals surface area contributed by atoms with E-state index in [9.17, 15) is 14.0 Å². The second kappa shape index (κ2) is 9.60. The third-order valence-corrected chi connectivity index (χ3v) is 5.76. The van der Waals surface area contributed by atoms with Gasteiger partial charge in [0.05, 0.1) is 12.0 Å². The van der Waals surface area contributed by atoms with Crippen LogP contribution in [0.1, 0.15) is 12.5 Å². The standard InChI is InChI=1S/C22H23FN2O3S/c1-16(26)24-11-13-25(14-12-24)22(27)10-8-17-7-9-18(15-19(17)23)29-21-6-4-3-5-20(21)28-2/h3-10,15H,11-14H2,1-2H3/b10-8+. The molecule has 0 atom stereocenters. The number of rotatable bonds is 5. The molecule has 1 heterocycles. The number of hydrogen-bond donors (Lipinski definition) is 0. The molecule has 0 bridgehead atoms. The molecule has 29 heavy (non-hydrogen) atoms. The lowest BCUT2D eigenvalue weighted by Crippen LogP contribution is -2.49. The van der Waals surface area contributed by atoms with Crippen LogP contribution in [0.5, 0.6) is 5.75 Å². The highest BCUT2D eigenvalue weighted by atomic mass is 32.2. The van der Waals surface area contributed by atoms with E-state index >= 15 is 0 Å². The number of para-hydroxylation sites is 1. The van der Waals surface area contributed by atoms with Gasteiger partial charge < -0.3 is 14.5 Å². The monoisotopic (exact) mass is 414 g/mol. The average Bonchev–Trinajstić information content (AvgIpc) is 2.73. The van der Waals surface area contributed by atoms with Crippen molar-refractivity contribution in [3.05, 3.63) is 59.9 Å². The van der Waals surface area contributed by atoms with Crippen molar-refractivity contribution in [3.63, 3.8) is 0 Å². The van der Waals surface area contributed by atoms with Crippen LogP contribution in [0.25, 0.3) is 6.08 Å². The summed E-state index contributed by atoms with van der Waals surface area (Å²) in [6.07, 6.45) is 2.88. The number of halogens is 1. The Balaban J connectivity index is 1.63. The molecule has 2 aromatic carbocycles. The van der Waals surface area contributed by atoms with Gasteiger partial charge in [-0.25, -0.2) is 4.39 Å². The fourth-order valence-electron chi connectivity index (χ4n) is 3.04. The summed E-state index contributed by atoms with van der Waals surface area (Å²) in [6.45, 7) is 3.55. The topological polar surface area (TPSA) is 49.9 Å². The van der Waals surface area contributed by atoms with Gasteiger partial charge in [-0.3, -0.25) is 9.59 Å². The molecule has 0 radical (unpaired) electrons. The van der Waals surface area contributed by atoms with Crippen molar-refractivity contribution in [3.8, 4) is 5.75 Å². The van der Waals surface area contributed by atoms with Crippen molar-refractivity contribution in [2.75, 3.05) is 33.3 Å². The predicted octanol–water partition coefficient (Wildman–Crippen LogP) is 3.69. The zero-order chi connectivity index (χ0) is 20.8. The van der Waals surface area contributed by atoms with E-state index in [4.69, 9.17) is 4.74 Å². The van der Waals surface area contributed by atoms with Gasteiger partial charge in [0.2, 0.25) is 11.8 Å². The van der Waals surface area contributed by atoms with E-state index in [0.717, 1.165) is 15.5 Å². The van der Waals surface area contributed by atoms with Crippen molar-refractivity contribution in [1.29, 1.82) is 0 Å². The molecule has 1 fully saturated rings. The molecule has 0 saturated carbocycles. The molecule has 1 aliphatic rings. The van der Waals surface area contributed by atoms with Gasteiger partial charge in [0, 0.05) is 49.6 Å². The SMILES string of the molecule is COc1ccccc1Sc1ccc(/C=C/C(=O)N2CCN(C(C)=O)CC2)c(F)c1. The number of nitrogens with zero attached hydrogens (tertiary/aromatic N) is 2. The minimum atomic E-state index is -0.393. The van der Waals surface area contributed by atoms with Crippen molar-refractivity contribution in [2.24, 2.45) is 0 Å². The summed E-state index contributed by atoms with van der Waals surface area (Å²) in [5.74, 6) is 0.175. The van der Waals surface area contributed by atoms with Gasteiger partial charge in [0.1, 0.15) is 11.6 Å². The van der Waals surface area contributed by atoms with E-state index in [-0.39, 0.29) is 11.8 Å². The van der Waals surface area contributed by atoms with Gasteiger partial charge in [-0.2, -0.15) is 0 Å². The molecule has 7 heteroatoms. The number of carbonyl (C=O) groups is 2. The first-order valence-electron chi connectivity index (χ1n) is 9.31. The minimum absolute atomic E-state index is 0.0146. The largest absolute Gasteiger partial charge is 0.496 e. The summed E-state index contributed by atoms with van der Waals surface area (Å²) >= 11 is 1.41. The molecular weight excluding hydrogens is 391 g/mol. The number of benzene rings is 2. The summed E-state index contributed by atoms with van der Waals surface area (Å²) in [5.41, 5.74) is 0.352. The second-order valence-corrected chi connectivity index (χ2v) is 7.72. The number of methoxy groups -OCH3 is 1. The average molecular weight is 415 g/mol. The van der Waals surface area contributed by atoms with Gasteiger partial charge in [-0.1, -0.05) is 30.0 Å². The molecule has 2 amide bonds. The zero-order valence-electron chi connectivity index (χ0n) is 16.4. The highest BCUT2D eigenvalue weighted by Gasteiger charge is 2.20. The summed E-state index contributed by atoms with van der Waals surface area (Å²) in [5, 5.41) is 0. The lowest BCUT2D eigenvalue weighted by Gasteiger charge is -2.33. The van der Waals surface area contributed by atoms with E-state index in [2.05, 4.69) is 0 Å². The van der Waals surface area contributed by atoms with Crippen LogP contribution < -0.4 is 4.74 Å². The fraction of sp³-hybridized carbons (Fsp3) is 0.273. The molecular formula is C22H23FN2O3S. The molecule has 152 valence electrons. The first kappa shape index (κ1) is 20.9. The molecule has 0 aromatic heterocycles. The lowest BCUT2D eigenvalue weighted by molar-refractivity contribution is -0.135. The number of ether oxygens (including phenoxy) is 1. The summed E-state index contributed by atoms with van der Waals surface area (Å²) in [4.78, 5) is 28.7. The van der Waals surface area contributed by atoms with Gasteiger partial charge in [0.15, 0.2) is 0 Å². The van der Waals surface area contributed by atoms with Gasteiger partial charge in [-0.05, 0) is 30.3 Å². The number of carbonyl (C=O) groups excluding carboxylic acids is 2. The van der Waals surface area contributed by atoms with Crippen molar-refractivity contribution in [2.45, 2.75) is 16.7 Å². The lowest BCUT2D eigenvalue weighted by atomic mass is 10.2. The molecule has 1 aliphatic heterocycles. The van der Waals surface area contributed by atoms with Crippen LogP contribution in [-0.4, -0.2) is 54.9 Å². The van der Waals surface area contributed by atoms with E-state index in [1.54, 1.807) is 23.0 Å². The van der Waals surface area contributed by atoms with Gasteiger partial charge in [-0.15, -0.1) is 0 Å². The Labute approximate surface area is 174 Å². The normalized spacial score (nSPS) is 14.3. The number of hydrogen-bond acceptors (Lipinski definition) is 4. The van der Waals surface area contributed by atoms with Gasteiger partial charge in [0.25, 0.3) is 0 Å². The Morgan fingerprint density at radius 3 is 2.41 bits per heavy atom. The van der Waals surface area contributed by atoms with Crippen LogP contribution in [0.3, 0.4) is 0 Å². The van der Waals surface area contributed by atoms with Crippen molar-refractivity contribution in [1.82, 2.24) is 9.80 Å². The summed E-state index contributed by atoms with van der Waals surface area (Å²) in [7, 11) is 1.60. The second-order valence-electron chi connectivity index (χ2n) is 6.60. The molecule has 0 aliphatic carbocycles. The van der Waals surface area contributed by atoms with E-state index in [1.165, 1.54) is 36.9 Å². The molecule has 0 unspecified atom stereocenters. The van der Waals surface area contributed by atoms with Crippen LogP contribution in [0.2, 0.25) is 0 Å². The Bertz CT molecular complexity index is 924. The highest BCUT2D eigenvalue weighted by molar-refractivity contribution is 7.99. The third kappa shape index (κ3) is 5.38. The van der Waals surface area contributed by atoms with Crippen LogP contribution in [-0.2, 0) is 9.59 Å². The summed E-state index contributed by atoms with van der Waals surface area (Å²) in [6, 6.07) is 12.5. The maximum absolute atomic E-state index is 14.5. The van der Waals surface area contributed by atoms with Crippen molar-refractivity contribution >= 4 is 29.7 Å². The first-order chi connectivity index (χ1) is 14.0. The Kier molecular flexibility index (Phi) is 6.93. The highest BCUT2D eigenvalue weighted by Crippen LogP contribution is 2.35. The number of piperazine rings is 1. The molecule has 2 aromatic rings. The van der Waals surface area contributed by atoms with Gasteiger partial charge >= 0.3 is 0 Å². The third-order valence-electron chi connectivity index (χ3n) is 4.71. The quantitative estimate of drug-likeness (QED) is 0.701. The van der Waals surface area contributed by atoms with Crippen molar-refractivity contribution < 1.29 is 18.7 Å². The van der Waals surface area contributed by atoms with Crippen LogP contribution in [0.15, 0.2) is 58.3 Å². The maximum Gasteiger partial charge on any atom is 0.246 e. The zero-order valence-corrected chi connectivity index (χ0v) is 17.2. The maximum atomic E-state index is 14.5. The first-order valence-corrected chi connectivity index (χ1v) is 10.1. The Morgan fingerprint density at radius 2 is 1.76 bits per heavy atom.